The first-order valence-electron chi connectivity index (χ1n) is 9.04. The number of hydrogen-bond donors (Lipinski definition) is 2. The molecule has 0 unspecified atom stereocenters. The van der Waals surface area contributed by atoms with Crippen molar-refractivity contribution in [1.29, 1.82) is 0 Å². The van der Waals surface area contributed by atoms with Crippen molar-refractivity contribution in [3.8, 4) is 11.5 Å². The molecule has 0 saturated carbocycles. The second-order valence-corrected chi connectivity index (χ2v) is 5.72. The molecular formula is C20H23N3O6. The van der Waals surface area contributed by atoms with Crippen molar-refractivity contribution in [2.24, 2.45) is 0 Å². The Morgan fingerprint density at radius 2 is 1.62 bits per heavy atom. The van der Waals surface area contributed by atoms with Crippen LogP contribution in [0.25, 0.3) is 0 Å². The van der Waals surface area contributed by atoms with E-state index in [4.69, 9.17) is 14.2 Å². The molecule has 9 nitrogen and oxygen atoms in total. The maximum atomic E-state index is 12.2. The van der Waals surface area contributed by atoms with E-state index in [9.17, 15) is 14.4 Å². The molecule has 2 aromatic rings. The van der Waals surface area contributed by atoms with Gasteiger partial charge in [-0.05, 0) is 45.0 Å². The minimum atomic E-state index is -0.633. The Bertz CT molecular complexity index is 884. The molecule has 0 aliphatic carbocycles. The van der Waals surface area contributed by atoms with Gasteiger partial charge in [-0.25, -0.2) is 9.78 Å². The van der Waals surface area contributed by atoms with Crippen LogP contribution in [0.4, 0.5) is 0 Å². The molecule has 2 amide bonds. The topological polar surface area (TPSA) is 116 Å². The van der Waals surface area contributed by atoms with Crippen LogP contribution in [0.3, 0.4) is 0 Å². The number of nitrogens with zero attached hydrogens (tertiary/aromatic N) is 1. The van der Waals surface area contributed by atoms with Crippen LogP contribution in [-0.4, -0.2) is 42.6 Å². The van der Waals surface area contributed by atoms with Crippen molar-refractivity contribution in [1.82, 2.24) is 15.8 Å². The zero-order valence-electron chi connectivity index (χ0n) is 16.5. The minimum Gasteiger partial charge on any atom is -0.490 e. The van der Waals surface area contributed by atoms with Crippen molar-refractivity contribution in [2.75, 3.05) is 19.8 Å². The fourth-order valence-electron chi connectivity index (χ4n) is 2.33. The Hall–Kier alpha value is -3.62. The number of amides is 2. The average Bonchev–Trinajstić information content (AvgIpc) is 2.71. The summed E-state index contributed by atoms with van der Waals surface area (Å²) in [6.45, 7) is 5.51. The fourth-order valence-corrected chi connectivity index (χ4v) is 2.33. The van der Waals surface area contributed by atoms with Crippen LogP contribution in [0.1, 0.15) is 40.4 Å². The largest absolute Gasteiger partial charge is 0.490 e. The summed E-state index contributed by atoms with van der Waals surface area (Å²) < 4.78 is 15.7. The SMILES string of the molecule is CCOC(=O)c1ccc(C(=O)NNC(=O)COc2ccccc2OCC)nc1C. The van der Waals surface area contributed by atoms with Crippen LogP contribution >= 0.6 is 0 Å². The van der Waals surface area contributed by atoms with Crippen LogP contribution in [0.5, 0.6) is 11.5 Å². The lowest BCUT2D eigenvalue weighted by Gasteiger charge is -2.12. The monoisotopic (exact) mass is 401 g/mol. The van der Waals surface area contributed by atoms with Gasteiger partial charge in [-0.1, -0.05) is 12.1 Å². The van der Waals surface area contributed by atoms with E-state index >= 15 is 0 Å². The molecule has 2 rings (SSSR count). The molecule has 0 saturated heterocycles. The van der Waals surface area contributed by atoms with Gasteiger partial charge in [-0.15, -0.1) is 0 Å². The minimum absolute atomic E-state index is 0.0402. The molecule has 0 atom stereocenters. The summed E-state index contributed by atoms with van der Waals surface area (Å²) in [6.07, 6.45) is 0. The van der Waals surface area contributed by atoms with E-state index in [1.165, 1.54) is 12.1 Å². The van der Waals surface area contributed by atoms with Crippen LogP contribution in [0, 0.1) is 6.92 Å². The predicted molar refractivity (Wildman–Crippen MR) is 104 cm³/mol. The number of aromatic nitrogens is 1. The van der Waals surface area contributed by atoms with Crippen LogP contribution in [-0.2, 0) is 9.53 Å². The highest BCUT2D eigenvalue weighted by molar-refractivity contribution is 5.95. The number of hydrazine groups is 1. The fraction of sp³-hybridized carbons (Fsp3) is 0.300. The van der Waals surface area contributed by atoms with Crippen LogP contribution < -0.4 is 20.3 Å². The van der Waals surface area contributed by atoms with Crippen molar-refractivity contribution >= 4 is 17.8 Å². The molecule has 0 aliphatic heterocycles. The van der Waals surface area contributed by atoms with Gasteiger partial charge in [-0.2, -0.15) is 0 Å². The van der Waals surface area contributed by atoms with Crippen LogP contribution in [0.15, 0.2) is 36.4 Å². The maximum absolute atomic E-state index is 12.2. The van der Waals surface area contributed by atoms with Crippen molar-refractivity contribution < 1.29 is 28.6 Å². The molecule has 154 valence electrons. The first-order chi connectivity index (χ1) is 14.0. The Balaban J connectivity index is 1.88. The zero-order chi connectivity index (χ0) is 21.2. The van der Waals surface area contributed by atoms with E-state index in [2.05, 4.69) is 15.8 Å². The first-order valence-corrected chi connectivity index (χ1v) is 9.04. The molecule has 1 aromatic heterocycles. The summed E-state index contributed by atoms with van der Waals surface area (Å²) in [6, 6.07) is 9.77. The molecule has 1 aromatic carbocycles. The normalized spacial score (nSPS) is 10.0. The van der Waals surface area contributed by atoms with Gasteiger partial charge in [0.25, 0.3) is 11.8 Å². The number of carbonyl (C=O) groups is 3. The third kappa shape index (κ3) is 6.20. The van der Waals surface area contributed by atoms with E-state index in [1.807, 2.05) is 6.92 Å². The molecule has 0 bridgehead atoms. The number of hydrogen-bond acceptors (Lipinski definition) is 7. The first kappa shape index (κ1) is 21.7. The van der Waals surface area contributed by atoms with E-state index in [0.29, 0.717) is 23.8 Å². The summed E-state index contributed by atoms with van der Waals surface area (Å²) in [5.41, 5.74) is 5.15. The second kappa shape index (κ2) is 10.6. The highest BCUT2D eigenvalue weighted by Gasteiger charge is 2.15. The highest BCUT2D eigenvalue weighted by atomic mass is 16.5. The summed E-state index contributed by atoms with van der Waals surface area (Å²) >= 11 is 0. The van der Waals surface area contributed by atoms with E-state index in [0.717, 1.165) is 0 Å². The van der Waals surface area contributed by atoms with E-state index < -0.39 is 17.8 Å². The third-order valence-corrected chi connectivity index (χ3v) is 3.64. The molecule has 1 heterocycles. The van der Waals surface area contributed by atoms with Crippen molar-refractivity contribution in [3.05, 3.63) is 53.3 Å². The van der Waals surface area contributed by atoms with Gasteiger partial charge >= 0.3 is 5.97 Å². The van der Waals surface area contributed by atoms with Gasteiger partial charge in [0.1, 0.15) is 5.69 Å². The van der Waals surface area contributed by atoms with Gasteiger partial charge < -0.3 is 14.2 Å². The number of carbonyl (C=O) groups excluding carboxylic acids is 3. The maximum Gasteiger partial charge on any atom is 0.339 e. The summed E-state index contributed by atoms with van der Waals surface area (Å²) in [4.78, 5) is 39.9. The Labute approximate surface area is 168 Å². The number of para-hydroxylation sites is 2. The number of benzene rings is 1. The molecule has 0 spiro atoms. The number of esters is 1. The highest BCUT2D eigenvalue weighted by Crippen LogP contribution is 2.26. The molecular weight excluding hydrogens is 378 g/mol. The lowest BCUT2D eigenvalue weighted by Crippen LogP contribution is -2.44. The zero-order valence-corrected chi connectivity index (χ0v) is 16.5. The van der Waals surface area contributed by atoms with E-state index in [-0.39, 0.29) is 24.5 Å². The standard InChI is InChI=1S/C20H23N3O6/c1-4-27-16-8-6-7-9-17(16)29-12-18(24)22-23-19(25)15-11-10-14(13(3)21-15)20(26)28-5-2/h6-11H,4-5,12H2,1-3H3,(H,22,24)(H,23,25). The molecule has 9 heteroatoms. The number of pyridine rings is 1. The number of ether oxygens (including phenoxy) is 3. The van der Waals surface area contributed by atoms with Gasteiger partial charge in [0.05, 0.1) is 24.5 Å². The lowest BCUT2D eigenvalue weighted by atomic mass is 10.2. The van der Waals surface area contributed by atoms with Gasteiger partial charge in [0.15, 0.2) is 18.1 Å². The summed E-state index contributed by atoms with van der Waals surface area (Å²) in [7, 11) is 0. The number of nitrogens with one attached hydrogen (secondary N) is 2. The van der Waals surface area contributed by atoms with Crippen molar-refractivity contribution in [3.63, 3.8) is 0 Å². The van der Waals surface area contributed by atoms with Crippen molar-refractivity contribution in [2.45, 2.75) is 20.8 Å². The van der Waals surface area contributed by atoms with Gasteiger partial charge in [0, 0.05) is 0 Å². The second-order valence-electron chi connectivity index (χ2n) is 5.72. The Kier molecular flexibility index (Phi) is 7.96. The molecule has 0 radical (unpaired) electrons. The average molecular weight is 401 g/mol. The lowest BCUT2D eigenvalue weighted by molar-refractivity contribution is -0.123. The quantitative estimate of drug-likeness (QED) is 0.512. The predicted octanol–water partition coefficient (Wildman–Crippen LogP) is 1.81. The summed E-state index contributed by atoms with van der Waals surface area (Å²) in [5, 5.41) is 0. The molecule has 0 fully saturated rings. The number of aryl methyl sites for hydroxylation is 1. The molecule has 0 aliphatic rings. The third-order valence-electron chi connectivity index (χ3n) is 3.64. The van der Waals surface area contributed by atoms with Gasteiger partial charge in [0.2, 0.25) is 0 Å². The number of rotatable bonds is 8. The van der Waals surface area contributed by atoms with E-state index in [1.54, 1.807) is 38.1 Å². The Morgan fingerprint density at radius 3 is 2.24 bits per heavy atom. The molecule has 29 heavy (non-hydrogen) atoms. The molecule has 2 N–H and O–H groups in total. The Morgan fingerprint density at radius 1 is 0.931 bits per heavy atom. The smallest absolute Gasteiger partial charge is 0.339 e. The summed E-state index contributed by atoms with van der Waals surface area (Å²) in [5.74, 6) is -0.769. The van der Waals surface area contributed by atoms with Crippen LogP contribution in [0.2, 0.25) is 0 Å². The van der Waals surface area contributed by atoms with Gasteiger partial charge in [-0.3, -0.25) is 20.4 Å².